The average molecular weight is 478 g/mol. The van der Waals surface area contributed by atoms with Gasteiger partial charge in [0, 0.05) is 11.6 Å². The van der Waals surface area contributed by atoms with Crippen LogP contribution in [0.15, 0.2) is 47.7 Å². The van der Waals surface area contributed by atoms with Crippen LogP contribution in [0.2, 0.25) is 0 Å². The predicted molar refractivity (Wildman–Crippen MR) is 130 cm³/mol. The van der Waals surface area contributed by atoms with Gasteiger partial charge in [-0.1, -0.05) is 32.1 Å². The normalized spacial score (nSPS) is 17.2. The van der Waals surface area contributed by atoms with Gasteiger partial charge in [0.15, 0.2) is 0 Å². The fourth-order valence-electron chi connectivity index (χ4n) is 4.74. The van der Waals surface area contributed by atoms with Crippen LogP contribution in [0.4, 0.5) is 10.2 Å². The Hall–Kier alpha value is -3.62. The van der Waals surface area contributed by atoms with Gasteiger partial charge in [0.1, 0.15) is 17.7 Å². The molecule has 2 N–H and O–H groups in total. The number of rotatable bonds is 7. The summed E-state index contributed by atoms with van der Waals surface area (Å²) in [7, 11) is 0. The zero-order valence-corrected chi connectivity index (χ0v) is 19.4. The third-order valence-corrected chi connectivity index (χ3v) is 6.86. The van der Waals surface area contributed by atoms with E-state index in [9.17, 15) is 18.8 Å². The van der Waals surface area contributed by atoms with Crippen molar-refractivity contribution in [3.8, 4) is 0 Å². The van der Waals surface area contributed by atoms with Crippen molar-refractivity contribution in [3.63, 3.8) is 0 Å². The summed E-state index contributed by atoms with van der Waals surface area (Å²) in [5.74, 6) is -0.531. The summed E-state index contributed by atoms with van der Waals surface area (Å²) in [6, 6.07) is 6.88. The van der Waals surface area contributed by atoms with Gasteiger partial charge in [-0.2, -0.15) is 0 Å². The van der Waals surface area contributed by atoms with E-state index in [-0.39, 0.29) is 23.3 Å². The Morgan fingerprint density at radius 2 is 1.86 bits per heavy atom. The zero-order valence-electron chi connectivity index (χ0n) is 19.4. The molecule has 1 aromatic carbocycles. The van der Waals surface area contributed by atoms with Gasteiger partial charge in [0.05, 0.1) is 23.4 Å². The van der Waals surface area contributed by atoms with E-state index in [1.54, 1.807) is 18.2 Å². The molecule has 0 saturated heterocycles. The van der Waals surface area contributed by atoms with E-state index in [2.05, 4.69) is 20.6 Å². The monoisotopic (exact) mass is 477 g/mol. The van der Waals surface area contributed by atoms with Crippen molar-refractivity contribution in [2.45, 2.75) is 63.5 Å². The Balaban J connectivity index is 1.45. The van der Waals surface area contributed by atoms with Gasteiger partial charge in [-0.15, -0.1) is 0 Å². The molecule has 35 heavy (non-hydrogen) atoms. The molecule has 3 aromatic rings. The Bertz CT molecular complexity index is 1300. The molecule has 1 atom stereocenters. The summed E-state index contributed by atoms with van der Waals surface area (Å²) >= 11 is 0. The van der Waals surface area contributed by atoms with E-state index >= 15 is 0 Å². The number of nitrogens with one attached hydrogen (secondary N) is 2. The first-order valence-electron chi connectivity index (χ1n) is 12.2. The minimum atomic E-state index is -0.785. The third-order valence-electron chi connectivity index (χ3n) is 6.86. The Kier molecular flexibility index (Phi) is 6.57. The fourth-order valence-corrected chi connectivity index (χ4v) is 4.74. The lowest BCUT2D eigenvalue weighted by molar-refractivity contribution is -0.120. The Morgan fingerprint density at radius 3 is 2.57 bits per heavy atom. The third kappa shape index (κ3) is 5.39. The highest BCUT2D eigenvalue weighted by Gasteiger charge is 2.28. The van der Waals surface area contributed by atoms with Gasteiger partial charge >= 0.3 is 0 Å². The molecule has 0 spiro atoms. The van der Waals surface area contributed by atoms with Crippen LogP contribution >= 0.6 is 0 Å². The van der Waals surface area contributed by atoms with Crippen molar-refractivity contribution in [1.29, 1.82) is 0 Å². The van der Waals surface area contributed by atoms with Crippen LogP contribution in [0.5, 0.6) is 0 Å². The summed E-state index contributed by atoms with van der Waals surface area (Å²) < 4.78 is 14.6. The Labute approximate surface area is 202 Å². The van der Waals surface area contributed by atoms with Crippen LogP contribution in [-0.2, 0) is 4.79 Å². The van der Waals surface area contributed by atoms with Crippen molar-refractivity contribution in [2.24, 2.45) is 5.92 Å². The maximum Gasteiger partial charge on any atom is 0.261 e. The van der Waals surface area contributed by atoms with Gasteiger partial charge in [0.25, 0.3) is 11.5 Å². The van der Waals surface area contributed by atoms with Crippen LogP contribution in [0.1, 0.15) is 67.8 Å². The largest absolute Gasteiger partial charge is 0.349 e. The van der Waals surface area contributed by atoms with Gasteiger partial charge in [-0.25, -0.2) is 14.4 Å². The molecule has 0 aliphatic heterocycles. The number of benzene rings is 1. The van der Waals surface area contributed by atoms with Gasteiger partial charge < -0.3 is 10.6 Å². The topological polar surface area (TPSA) is 106 Å². The molecule has 0 radical (unpaired) electrons. The van der Waals surface area contributed by atoms with E-state index in [4.69, 9.17) is 0 Å². The van der Waals surface area contributed by atoms with E-state index in [1.165, 1.54) is 29.4 Å². The average Bonchev–Trinajstić information content (AvgIpc) is 3.69. The number of hydrogen-bond donors (Lipinski definition) is 2. The number of anilines is 1. The first kappa shape index (κ1) is 23.1. The highest BCUT2D eigenvalue weighted by Crippen LogP contribution is 2.31. The van der Waals surface area contributed by atoms with Crippen LogP contribution in [0.3, 0.4) is 0 Å². The number of aromatic nitrogens is 3. The lowest BCUT2D eigenvalue weighted by Gasteiger charge is -2.27. The highest BCUT2D eigenvalue weighted by atomic mass is 19.1. The lowest BCUT2D eigenvalue weighted by Crippen LogP contribution is -2.35. The Morgan fingerprint density at radius 1 is 1.06 bits per heavy atom. The molecule has 2 saturated carbocycles. The van der Waals surface area contributed by atoms with Crippen molar-refractivity contribution >= 4 is 28.5 Å². The molecule has 2 aliphatic rings. The molecule has 2 amide bonds. The smallest absolute Gasteiger partial charge is 0.261 e. The number of amides is 2. The van der Waals surface area contributed by atoms with Crippen molar-refractivity contribution in [2.75, 3.05) is 5.32 Å². The highest BCUT2D eigenvalue weighted by molar-refractivity contribution is 5.98. The number of halogens is 1. The van der Waals surface area contributed by atoms with E-state index in [1.807, 2.05) is 0 Å². The van der Waals surface area contributed by atoms with Crippen LogP contribution < -0.4 is 16.2 Å². The second kappa shape index (κ2) is 9.93. The molecular formula is C26H28FN5O3. The fraction of sp³-hybridized carbons (Fsp3) is 0.423. The quantitative estimate of drug-likeness (QED) is 0.536. The molecule has 8 nitrogen and oxygen atoms in total. The standard InChI is InChI=1S/C26H28FN5O3/c27-18-7-11-23(28-14-18)31-25(34)22(12-16-4-2-1-3-5-16)32-15-29-21-13-17(6-10-20(21)26(32)35)24(33)30-19-8-9-19/h6-7,10-11,13-16,19,22H,1-5,8-9,12H2,(H,30,33)(H,28,31,34). The van der Waals surface area contributed by atoms with Crippen molar-refractivity contribution < 1.29 is 14.0 Å². The molecule has 5 rings (SSSR count). The van der Waals surface area contributed by atoms with E-state index < -0.39 is 17.8 Å². The number of carbonyl (C=O) groups is 2. The maximum absolute atomic E-state index is 13.5. The summed E-state index contributed by atoms with van der Waals surface area (Å²) in [4.78, 5) is 47.5. The first-order chi connectivity index (χ1) is 17.0. The van der Waals surface area contributed by atoms with Crippen LogP contribution in [0, 0.1) is 11.7 Å². The molecule has 9 heteroatoms. The number of carbonyl (C=O) groups excluding carboxylic acids is 2. The van der Waals surface area contributed by atoms with Crippen LogP contribution in [-0.4, -0.2) is 32.4 Å². The summed E-state index contributed by atoms with van der Waals surface area (Å²) in [5, 5.41) is 6.00. The molecule has 2 fully saturated rings. The molecular weight excluding hydrogens is 449 g/mol. The number of pyridine rings is 1. The SMILES string of the molecule is O=C(NC1CC1)c1ccc2c(=O)n(C(CC3CCCCC3)C(=O)Nc3ccc(F)cn3)cnc2c1. The van der Waals surface area contributed by atoms with Crippen molar-refractivity contribution in [1.82, 2.24) is 19.9 Å². The first-order valence-corrected chi connectivity index (χ1v) is 12.2. The lowest BCUT2D eigenvalue weighted by atomic mass is 9.84. The van der Waals surface area contributed by atoms with Crippen LogP contribution in [0.25, 0.3) is 10.9 Å². The van der Waals surface area contributed by atoms with E-state index in [0.29, 0.717) is 28.8 Å². The van der Waals surface area contributed by atoms with Crippen molar-refractivity contribution in [3.05, 3.63) is 64.6 Å². The van der Waals surface area contributed by atoms with E-state index in [0.717, 1.165) is 44.7 Å². The molecule has 182 valence electrons. The second-order valence-electron chi connectivity index (χ2n) is 9.54. The predicted octanol–water partition coefficient (Wildman–Crippen LogP) is 3.97. The molecule has 0 bridgehead atoms. The zero-order chi connectivity index (χ0) is 24.4. The minimum Gasteiger partial charge on any atom is -0.349 e. The maximum atomic E-state index is 13.5. The molecule has 1 unspecified atom stereocenters. The summed E-state index contributed by atoms with van der Waals surface area (Å²) in [6.45, 7) is 0. The number of hydrogen-bond acceptors (Lipinski definition) is 5. The minimum absolute atomic E-state index is 0.179. The molecule has 2 heterocycles. The molecule has 2 aromatic heterocycles. The van der Waals surface area contributed by atoms with Gasteiger partial charge in [-0.05, 0) is 55.5 Å². The summed E-state index contributed by atoms with van der Waals surface area (Å²) in [6.07, 6.45) is 10.3. The van der Waals surface area contributed by atoms with Gasteiger partial charge in [-0.3, -0.25) is 19.0 Å². The second-order valence-corrected chi connectivity index (χ2v) is 9.54. The molecule has 2 aliphatic carbocycles. The number of fused-ring (bicyclic) bond motifs is 1. The summed E-state index contributed by atoms with van der Waals surface area (Å²) in [5.41, 5.74) is 0.520. The van der Waals surface area contributed by atoms with Gasteiger partial charge in [0.2, 0.25) is 5.91 Å². The number of nitrogens with zero attached hydrogens (tertiary/aromatic N) is 3.